The second kappa shape index (κ2) is 4.34. The monoisotopic (exact) mass is 269 g/mol. The van der Waals surface area contributed by atoms with E-state index in [0.29, 0.717) is 5.56 Å². The van der Waals surface area contributed by atoms with Crippen LogP contribution in [-0.4, -0.2) is 25.0 Å². The fourth-order valence-corrected chi connectivity index (χ4v) is 4.17. The number of sulfone groups is 1. The maximum Gasteiger partial charge on any atom is 0.152 e. The lowest BCUT2D eigenvalue weighted by Gasteiger charge is -2.25. The van der Waals surface area contributed by atoms with Crippen molar-refractivity contribution in [2.24, 2.45) is 5.41 Å². The van der Waals surface area contributed by atoms with Gasteiger partial charge >= 0.3 is 0 Å². The number of aliphatic hydroxyl groups excluding tert-OH is 1. The molecule has 1 aliphatic heterocycles. The molecule has 4 nitrogen and oxygen atoms in total. The minimum atomic E-state index is -3.28. The molecule has 1 aromatic rings. The van der Waals surface area contributed by atoms with Gasteiger partial charge in [0.2, 0.25) is 0 Å². The van der Waals surface area contributed by atoms with Crippen LogP contribution in [0.4, 0.5) is 4.39 Å². The number of rotatable bonds is 2. The Kier molecular flexibility index (Phi) is 3.13. The van der Waals surface area contributed by atoms with Crippen LogP contribution in [0.3, 0.4) is 0 Å². The first-order valence-electron chi connectivity index (χ1n) is 5.44. The first-order chi connectivity index (χ1) is 8.38. The van der Waals surface area contributed by atoms with Crippen molar-refractivity contribution >= 4 is 9.84 Å². The number of hydrogen-bond acceptors (Lipinski definition) is 4. The SMILES string of the molecule is N#CC1(C(O)c2ccc(F)cc2)CCS(=O)(=O)C1. The highest BCUT2D eigenvalue weighted by molar-refractivity contribution is 7.91. The molecule has 6 heteroatoms. The third-order valence-electron chi connectivity index (χ3n) is 3.27. The van der Waals surface area contributed by atoms with Gasteiger partial charge in [0.05, 0.1) is 23.7 Å². The van der Waals surface area contributed by atoms with Gasteiger partial charge < -0.3 is 5.11 Å². The number of nitrogens with zero attached hydrogens (tertiary/aromatic N) is 1. The Bertz CT molecular complexity index is 591. The van der Waals surface area contributed by atoms with Gasteiger partial charge in [-0.3, -0.25) is 0 Å². The summed E-state index contributed by atoms with van der Waals surface area (Å²) >= 11 is 0. The molecule has 1 aromatic carbocycles. The van der Waals surface area contributed by atoms with Crippen LogP contribution in [0.15, 0.2) is 24.3 Å². The Morgan fingerprint density at radius 1 is 1.39 bits per heavy atom. The molecule has 0 aliphatic carbocycles. The smallest absolute Gasteiger partial charge is 0.152 e. The van der Waals surface area contributed by atoms with Gasteiger partial charge in [-0.15, -0.1) is 0 Å². The van der Waals surface area contributed by atoms with Crippen LogP contribution in [0.25, 0.3) is 0 Å². The molecule has 0 saturated carbocycles. The summed E-state index contributed by atoms with van der Waals surface area (Å²) in [4.78, 5) is 0. The Morgan fingerprint density at radius 2 is 2.00 bits per heavy atom. The lowest BCUT2D eigenvalue weighted by Crippen LogP contribution is -2.28. The minimum absolute atomic E-state index is 0.0984. The van der Waals surface area contributed by atoms with Crippen molar-refractivity contribution in [1.82, 2.24) is 0 Å². The molecule has 0 radical (unpaired) electrons. The number of halogens is 1. The highest BCUT2D eigenvalue weighted by atomic mass is 32.2. The van der Waals surface area contributed by atoms with Crippen molar-refractivity contribution in [3.05, 3.63) is 35.6 Å². The van der Waals surface area contributed by atoms with E-state index in [9.17, 15) is 23.2 Å². The maximum absolute atomic E-state index is 12.8. The third kappa shape index (κ3) is 2.24. The molecule has 1 N–H and O–H groups in total. The fraction of sp³-hybridized carbons (Fsp3) is 0.417. The molecular formula is C12H12FNO3S. The van der Waals surface area contributed by atoms with E-state index < -0.39 is 27.2 Å². The maximum atomic E-state index is 12.8. The molecule has 0 aromatic heterocycles. The van der Waals surface area contributed by atoms with E-state index in [0.717, 1.165) is 0 Å². The standard InChI is InChI=1S/C12H12FNO3S/c13-10-3-1-9(2-4-10)11(15)12(7-14)5-6-18(16,17)8-12/h1-4,11,15H,5-6,8H2. The summed E-state index contributed by atoms with van der Waals surface area (Å²) in [5, 5.41) is 19.4. The summed E-state index contributed by atoms with van der Waals surface area (Å²) in [5.41, 5.74) is -0.966. The van der Waals surface area contributed by atoms with Crippen molar-refractivity contribution in [3.63, 3.8) is 0 Å². The van der Waals surface area contributed by atoms with Crippen LogP contribution in [-0.2, 0) is 9.84 Å². The predicted molar refractivity (Wildman–Crippen MR) is 62.7 cm³/mol. The lowest BCUT2D eigenvalue weighted by molar-refractivity contribution is 0.0793. The molecule has 1 fully saturated rings. The Hall–Kier alpha value is -1.45. The topological polar surface area (TPSA) is 78.2 Å². The molecule has 0 bridgehead atoms. The van der Waals surface area contributed by atoms with Crippen LogP contribution in [0, 0.1) is 22.6 Å². The van der Waals surface area contributed by atoms with Crippen LogP contribution in [0.1, 0.15) is 18.1 Å². The molecule has 0 spiro atoms. The highest BCUT2D eigenvalue weighted by Crippen LogP contribution is 2.42. The second-order valence-corrected chi connectivity index (χ2v) is 6.75. The molecule has 1 aliphatic rings. The van der Waals surface area contributed by atoms with Gasteiger partial charge in [0.15, 0.2) is 9.84 Å². The van der Waals surface area contributed by atoms with E-state index in [1.54, 1.807) is 0 Å². The predicted octanol–water partition coefficient (Wildman–Crippen LogP) is 1.19. The van der Waals surface area contributed by atoms with E-state index in [1.165, 1.54) is 24.3 Å². The number of nitriles is 1. The number of benzene rings is 1. The van der Waals surface area contributed by atoms with Gasteiger partial charge in [-0.1, -0.05) is 12.1 Å². The molecule has 2 unspecified atom stereocenters. The van der Waals surface area contributed by atoms with Gasteiger partial charge in [0.25, 0.3) is 0 Å². The second-order valence-electron chi connectivity index (χ2n) is 4.56. The fourth-order valence-electron chi connectivity index (χ4n) is 2.20. The summed E-state index contributed by atoms with van der Waals surface area (Å²) in [7, 11) is -3.28. The van der Waals surface area contributed by atoms with E-state index in [1.807, 2.05) is 6.07 Å². The number of hydrogen-bond donors (Lipinski definition) is 1. The Morgan fingerprint density at radius 3 is 2.44 bits per heavy atom. The van der Waals surface area contributed by atoms with E-state index in [4.69, 9.17) is 0 Å². The van der Waals surface area contributed by atoms with Gasteiger partial charge in [0, 0.05) is 0 Å². The van der Waals surface area contributed by atoms with Gasteiger partial charge in [-0.05, 0) is 24.1 Å². The summed E-state index contributed by atoms with van der Waals surface area (Å²) in [6.45, 7) is 0. The summed E-state index contributed by atoms with van der Waals surface area (Å²) in [5.74, 6) is -0.899. The summed E-state index contributed by atoms with van der Waals surface area (Å²) in [6.07, 6.45) is -1.12. The molecule has 96 valence electrons. The van der Waals surface area contributed by atoms with Crippen LogP contribution in [0.2, 0.25) is 0 Å². The van der Waals surface area contributed by atoms with Crippen LogP contribution >= 0.6 is 0 Å². The molecule has 18 heavy (non-hydrogen) atoms. The van der Waals surface area contributed by atoms with Gasteiger partial charge in [-0.2, -0.15) is 5.26 Å². The first-order valence-corrected chi connectivity index (χ1v) is 7.26. The minimum Gasteiger partial charge on any atom is -0.387 e. The molecular weight excluding hydrogens is 257 g/mol. The third-order valence-corrected chi connectivity index (χ3v) is 5.05. The van der Waals surface area contributed by atoms with Crippen molar-refractivity contribution in [3.8, 4) is 6.07 Å². The summed E-state index contributed by atoms with van der Waals surface area (Å²) in [6, 6.07) is 7.00. The number of aliphatic hydroxyl groups is 1. The van der Waals surface area contributed by atoms with E-state index in [-0.39, 0.29) is 17.9 Å². The van der Waals surface area contributed by atoms with Crippen molar-refractivity contribution < 1.29 is 17.9 Å². The molecule has 2 rings (SSSR count). The largest absolute Gasteiger partial charge is 0.387 e. The van der Waals surface area contributed by atoms with Crippen molar-refractivity contribution in [1.29, 1.82) is 5.26 Å². The molecule has 0 amide bonds. The zero-order valence-electron chi connectivity index (χ0n) is 9.51. The van der Waals surface area contributed by atoms with Crippen molar-refractivity contribution in [2.45, 2.75) is 12.5 Å². The Labute approximate surface area is 105 Å². The average molecular weight is 269 g/mol. The molecule has 1 saturated heterocycles. The van der Waals surface area contributed by atoms with Crippen LogP contribution < -0.4 is 0 Å². The quantitative estimate of drug-likeness (QED) is 0.874. The molecule has 2 atom stereocenters. The van der Waals surface area contributed by atoms with Gasteiger partial charge in [-0.25, -0.2) is 12.8 Å². The summed E-state index contributed by atoms with van der Waals surface area (Å²) < 4.78 is 35.7. The highest BCUT2D eigenvalue weighted by Gasteiger charge is 2.48. The molecule has 1 heterocycles. The normalized spacial score (nSPS) is 27.6. The van der Waals surface area contributed by atoms with Crippen molar-refractivity contribution in [2.75, 3.05) is 11.5 Å². The van der Waals surface area contributed by atoms with E-state index >= 15 is 0 Å². The van der Waals surface area contributed by atoms with Crippen LogP contribution in [0.5, 0.6) is 0 Å². The zero-order valence-corrected chi connectivity index (χ0v) is 10.3. The zero-order chi connectivity index (χ0) is 13.4. The Balaban J connectivity index is 2.35. The van der Waals surface area contributed by atoms with Gasteiger partial charge in [0.1, 0.15) is 11.2 Å². The average Bonchev–Trinajstić information content (AvgIpc) is 2.66. The first kappa shape index (κ1) is 13.0. The lowest BCUT2D eigenvalue weighted by atomic mass is 9.80. The van der Waals surface area contributed by atoms with E-state index in [2.05, 4.69) is 0 Å².